The van der Waals surface area contributed by atoms with Crippen molar-refractivity contribution in [2.24, 2.45) is 5.92 Å². The monoisotopic (exact) mass is 169 g/mol. The van der Waals surface area contributed by atoms with E-state index in [0.717, 1.165) is 0 Å². The van der Waals surface area contributed by atoms with Crippen molar-refractivity contribution >= 4 is 5.91 Å². The Bertz CT molecular complexity index is 237. The number of β-lactam (4-membered cyclic amide) rings is 1. The summed E-state index contributed by atoms with van der Waals surface area (Å²) in [6.07, 6.45) is 0.0440. The van der Waals surface area contributed by atoms with Crippen LogP contribution in [0.25, 0.3) is 0 Å². The fraction of sp³-hybridized carbons (Fsp3) is 0.889. The molecule has 2 saturated heterocycles. The molecular formula is C9H15NO2. The van der Waals surface area contributed by atoms with E-state index >= 15 is 0 Å². The highest BCUT2D eigenvalue weighted by atomic mass is 16.5. The third-order valence-electron chi connectivity index (χ3n) is 3.19. The van der Waals surface area contributed by atoms with Crippen LogP contribution in [0, 0.1) is 5.92 Å². The topological polar surface area (TPSA) is 29.5 Å². The average molecular weight is 169 g/mol. The van der Waals surface area contributed by atoms with Crippen LogP contribution < -0.4 is 0 Å². The van der Waals surface area contributed by atoms with E-state index < -0.39 is 0 Å². The lowest BCUT2D eigenvalue weighted by Crippen LogP contribution is -2.59. The van der Waals surface area contributed by atoms with Crippen molar-refractivity contribution in [1.82, 2.24) is 4.90 Å². The third kappa shape index (κ3) is 0.724. The molecular weight excluding hydrogens is 154 g/mol. The minimum Gasteiger partial charge on any atom is -0.349 e. The summed E-state index contributed by atoms with van der Waals surface area (Å²) >= 11 is 0. The number of fused-ring (bicyclic) bond motifs is 1. The lowest BCUT2D eigenvalue weighted by Gasteiger charge is -2.41. The Balaban J connectivity index is 2.24. The van der Waals surface area contributed by atoms with Crippen LogP contribution in [-0.4, -0.2) is 28.7 Å². The highest BCUT2D eigenvalue weighted by Crippen LogP contribution is 2.42. The first kappa shape index (κ1) is 8.05. The number of nitrogens with zero attached hydrogens (tertiary/aromatic N) is 1. The molecule has 0 radical (unpaired) electrons. The maximum atomic E-state index is 11.4. The molecule has 68 valence electrons. The fourth-order valence-corrected chi connectivity index (χ4v) is 1.96. The smallest absolute Gasteiger partial charge is 0.232 e. The van der Waals surface area contributed by atoms with Crippen molar-refractivity contribution in [2.45, 2.75) is 45.6 Å². The molecule has 0 bridgehead atoms. The molecule has 2 fully saturated rings. The summed E-state index contributed by atoms with van der Waals surface area (Å²) < 4.78 is 5.75. The van der Waals surface area contributed by atoms with Gasteiger partial charge in [0.25, 0.3) is 0 Å². The second kappa shape index (κ2) is 2.02. The van der Waals surface area contributed by atoms with E-state index in [1.807, 2.05) is 32.6 Å². The largest absolute Gasteiger partial charge is 0.349 e. The lowest BCUT2D eigenvalue weighted by atomic mass is 9.94. The van der Waals surface area contributed by atoms with Crippen molar-refractivity contribution in [3.8, 4) is 0 Å². The molecule has 12 heavy (non-hydrogen) atoms. The summed E-state index contributed by atoms with van der Waals surface area (Å²) in [4.78, 5) is 13.2. The lowest BCUT2D eigenvalue weighted by molar-refractivity contribution is -0.174. The van der Waals surface area contributed by atoms with Gasteiger partial charge in [-0.1, -0.05) is 0 Å². The van der Waals surface area contributed by atoms with Gasteiger partial charge in [0.1, 0.15) is 6.23 Å². The van der Waals surface area contributed by atoms with E-state index in [-0.39, 0.29) is 29.7 Å². The highest BCUT2D eigenvalue weighted by molar-refractivity contribution is 5.86. The van der Waals surface area contributed by atoms with Crippen LogP contribution in [0.15, 0.2) is 0 Å². The normalized spacial score (nSPS) is 44.2. The molecule has 0 saturated carbocycles. The molecule has 2 rings (SSSR count). The molecule has 0 aliphatic carbocycles. The zero-order valence-electron chi connectivity index (χ0n) is 8.00. The molecule has 3 heteroatoms. The summed E-state index contributed by atoms with van der Waals surface area (Å²) in [5.74, 6) is 0.298. The molecule has 0 N–H and O–H groups in total. The Hall–Kier alpha value is -0.570. The number of hydrogen-bond donors (Lipinski definition) is 0. The summed E-state index contributed by atoms with van der Waals surface area (Å²) in [6.45, 7) is 8.05. The number of carbonyl (C=O) groups excluding carboxylic acids is 1. The van der Waals surface area contributed by atoms with Crippen LogP contribution in [0.5, 0.6) is 0 Å². The van der Waals surface area contributed by atoms with Gasteiger partial charge in [-0.25, -0.2) is 0 Å². The van der Waals surface area contributed by atoms with Gasteiger partial charge in [-0.15, -0.1) is 0 Å². The van der Waals surface area contributed by atoms with Crippen LogP contribution in [0.2, 0.25) is 0 Å². The molecule has 1 amide bonds. The van der Waals surface area contributed by atoms with Gasteiger partial charge in [0.2, 0.25) is 5.91 Å². The van der Waals surface area contributed by atoms with Crippen LogP contribution >= 0.6 is 0 Å². The van der Waals surface area contributed by atoms with Crippen LogP contribution in [0.4, 0.5) is 0 Å². The first-order chi connectivity index (χ1) is 5.45. The van der Waals surface area contributed by atoms with E-state index in [1.54, 1.807) is 0 Å². The van der Waals surface area contributed by atoms with E-state index in [1.165, 1.54) is 0 Å². The van der Waals surface area contributed by atoms with E-state index in [0.29, 0.717) is 0 Å². The predicted molar refractivity (Wildman–Crippen MR) is 44.4 cm³/mol. The highest BCUT2D eigenvalue weighted by Gasteiger charge is 2.58. The number of ether oxygens (including phenoxy) is 1. The molecule has 0 aromatic carbocycles. The minimum absolute atomic E-state index is 0.0440. The zero-order chi connectivity index (χ0) is 9.09. The SMILES string of the molecule is CC1C(=O)N2C1OC(C)(C)C2C. The zero-order valence-corrected chi connectivity index (χ0v) is 8.00. The second-order valence-electron chi connectivity index (χ2n) is 4.32. The first-order valence-electron chi connectivity index (χ1n) is 4.45. The Labute approximate surface area is 72.7 Å². The van der Waals surface area contributed by atoms with E-state index in [9.17, 15) is 4.79 Å². The average Bonchev–Trinajstić information content (AvgIpc) is 2.21. The minimum atomic E-state index is -0.176. The van der Waals surface area contributed by atoms with Crippen molar-refractivity contribution < 1.29 is 9.53 Å². The first-order valence-corrected chi connectivity index (χ1v) is 4.45. The Morgan fingerprint density at radius 3 is 2.50 bits per heavy atom. The van der Waals surface area contributed by atoms with Gasteiger partial charge in [0.05, 0.1) is 17.6 Å². The van der Waals surface area contributed by atoms with Crippen LogP contribution in [0.1, 0.15) is 27.7 Å². The van der Waals surface area contributed by atoms with Crippen molar-refractivity contribution in [2.75, 3.05) is 0 Å². The van der Waals surface area contributed by atoms with Gasteiger partial charge in [-0.3, -0.25) is 4.79 Å². The Morgan fingerprint density at radius 1 is 1.42 bits per heavy atom. The molecule has 2 aliphatic heterocycles. The van der Waals surface area contributed by atoms with Crippen molar-refractivity contribution in [3.63, 3.8) is 0 Å². The maximum Gasteiger partial charge on any atom is 0.232 e. The molecule has 3 atom stereocenters. The maximum absolute atomic E-state index is 11.4. The van der Waals surface area contributed by atoms with Gasteiger partial charge in [0.15, 0.2) is 0 Å². The Kier molecular flexibility index (Phi) is 1.35. The standard InChI is InChI=1S/C9H15NO2/c1-5-7(11)10-6(2)9(3,4)12-8(5)10/h5-6,8H,1-4H3. The number of hydrogen-bond acceptors (Lipinski definition) is 2. The Morgan fingerprint density at radius 2 is 2.00 bits per heavy atom. The summed E-state index contributed by atoms with van der Waals surface area (Å²) in [5, 5.41) is 0. The number of amides is 1. The molecule has 0 aromatic rings. The van der Waals surface area contributed by atoms with E-state index in [4.69, 9.17) is 4.74 Å². The van der Waals surface area contributed by atoms with E-state index in [2.05, 4.69) is 0 Å². The second-order valence-corrected chi connectivity index (χ2v) is 4.32. The van der Waals surface area contributed by atoms with Gasteiger partial charge in [-0.05, 0) is 27.7 Å². The quantitative estimate of drug-likeness (QED) is 0.506. The van der Waals surface area contributed by atoms with Crippen LogP contribution in [-0.2, 0) is 9.53 Å². The predicted octanol–water partition coefficient (Wildman–Crippen LogP) is 0.988. The summed E-state index contributed by atoms with van der Waals surface area (Å²) in [6, 6.07) is 0.214. The fourth-order valence-electron chi connectivity index (χ4n) is 1.96. The molecule has 0 aromatic heterocycles. The van der Waals surface area contributed by atoms with Crippen LogP contribution in [0.3, 0.4) is 0 Å². The molecule has 2 aliphatic rings. The molecule has 2 heterocycles. The summed E-state index contributed by atoms with van der Waals surface area (Å²) in [7, 11) is 0. The molecule has 0 spiro atoms. The van der Waals surface area contributed by atoms with Gasteiger partial charge < -0.3 is 9.64 Å². The van der Waals surface area contributed by atoms with Gasteiger partial charge >= 0.3 is 0 Å². The number of rotatable bonds is 0. The van der Waals surface area contributed by atoms with Crippen molar-refractivity contribution in [1.29, 1.82) is 0 Å². The number of carbonyl (C=O) groups is 1. The van der Waals surface area contributed by atoms with Crippen molar-refractivity contribution in [3.05, 3.63) is 0 Å². The summed E-state index contributed by atoms with van der Waals surface area (Å²) in [5.41, 5.74) is -0.176. The molecule has 3 nitrogen and oxygen atoms in total. The molecule has 3 unspecified atom stereocenters. The third-order valence-corrected chi connectivity index (χ3v) is 3.19. The van der Waals surface area contributed by atoms with Gasteiger partial charge in [0, 0.05) is 0 Å². The van der Waals surface area contributed by atoms with Gasteiger partial charge in [-0.2, -0.15) is 0 Å².